The van der Waals surface area contributed by atoms with Crippen LogP contribution in [0, 0.1) is 11.3 Å². The van der Waals surface area contributed by atoms with E-state index in [2.05, 4.69) is 22.6 Å². The summed E-state index contributed by atoms with van der Waals surface area (Å²) in [6.07, 6.45) is 1.89. The SMILES string of the molecule is CC1(C)C(=O)N(c2ccc(C#N)c(C(F)(F)F)c2)C(=S)N1CCCCCCCCI. The van der Waals surface area contributed by atoms with Crippen LogP contribution >= 0.6 is 34.8 Å². The van der Waals surface area contributed by atoms with Gasteiger partial charge < -0.3 is 4.90 Å². The highest BCUT2D eigenvalue weighted by molar-refractivity contribution is 14.1. The Hall–Kier alpha value is -1.41. The van der Waals surface area contributed by atoms with Gasteiger partial charge in [0.2, 0.25) is 0 Å². The molecule has 2 rings (SSSR count). The molecule has 0 unspecified atom stereocenters. The number of carbonyl (C=O) groups is 1. The van der Waals surface area contributed by atoms with Crippen molar-refractivity contribution in [3.63, 3.8) is 0 Å². The van der Waals surface area contributed by atoms with Gasteiger partial charge in [-0.3, -0.25) is 9.69 Å². The molecule has 9 heteroatoms. The van der Waals surface area contributed by atoms with Crippen molar-refractivity contribution in [2.24, 2.45) is 0 Å². The lowest BCUT2D eigenvalue weighted by molar-refractivity contribution is -0.137. The van der Waals surface area contributed by atoms with Gasteiger partial charge in [0, 0.05) is 6.54 Å². The Balaban J connectivity index is 2.17. The van der Waals surface area contributed by atoms with Crippen LogP contribution in [0.2, 0.25) is 0 Å². The highest BCUT2D eigenvalue weighted by Gasteiger charge is 2.49. The third-order valence-corrected chi connectivity index (χ3v) is 6.44. The van der Waals surface area contributed by atoms with Gasteiger partial charge in [0.1, 0.15) is 5.54 Å². The highest BCUT2D eigenvalue weighted by Crippen LogP contribution is 2.37. The van der Waals surface area contributed by atoms with Crippen LogP contribution in [-0.2, 0) is 11.0 Å². The maximum atomic E-state index is 13.3. The Morgan fingerprint density at radius 2 is 1.73 bits per heavy atom. The summed E-state index contributed by atoms with van der Waals surface area (Å²) in [6, 6.07) is 4.80. The second-order valence-electron chi connectivity index (χ2n) is 7.78. The van der Waals surface area contributed by atoms with Crippen molar-refractivity contribution in [2.45, 2.75) is 64.1 Å². The van der Waals surface area contributed by atoms with E-state index in [1.807, 2.05) is 0 Å². The zero-order valence-electron chi connectivity index (χ0n) is 17.1. The van der Waals surface area contributed by atoms with Crippen LogP contribution in [-0.4, -0.2) is 32.4 Å². The molecule has 0 aliphatic carbocycles. The third kappa shape index (κ3) is 5.44. The van der Waals surface area contributed by atoms with E-state index in [1.54, 1.807) is 24.8 Å². The van der Waals surface area contributed by atoms with Gasteiger partial charge in [-0.05, 0) is 61.5 Å². The molecule has 164 valence electrons. The fourth-order valence-corrected chi connectivity index (χ4v) is 4.56. The van der Waals surface area contributed by atoms with E-state index in [4.69, 9.17) is 17.5 Å². The van der Waals surface area contributed by atoms with Crippen molar-refractivity contribution in [1.29, 1.82) is 5.26 Å². The molecule has 1 aliphatic heterocycles. The van der Waals surface area contributed by atoms with Gasteiger partial charge in [0.05, 0.1) is 22.9 Å². The van der Waals surface area contributed by atoms with Crippen molar-refractivity contribution in [2.75, 3.05) is 15.9 Å². The van der Waals surface area contributed by atoms with E-state index in [9.17, 15) is 18.0 Å². The van der Waals surface area contributed by atoms with E-state index >= 15 is 0 Å². The number of nitriles is 1. The Bertz CT molecular complexity index is 836. The monoisotopic (exact) mass is 551 g/mol. The molecule has 1 heterocycles. The third-order valence-electron chi connectivity index (χ3n) is 5.28. The molecule has 0 saturated carbocycles. The number of thiocarbonyl (C=S) groups is 1. The molecule has 1 aromatic rings. The van der Waals surface area contributed by atoms with Crippen molar-refractivity contribution >= 4 is 51.5 Å². The molecular formula is C21H25F3IN3OS. The molecule has 1 aromatic carbocycles. The maximum Gasteiger partial charge on any atom is 0.417 e. The summed E-state index contributed by atoms with van der Waals surface area (Å²) < 4.78 is 41.2. The Labute approximate surface area is 194 Å². The van der Waals surface area contributed by atoms with Crippen molar-refractivity contribution in [1.82, 2.24) is 4.90 Å². The van der Waals surface area contributed by atoms with Gasteiger partial charge in [0.15, 0.2) is 5.11 Å². The molecular weight excluding hydrogens is 526 g/mol. The van der Waals surface area contributed by atoms with Crippen LogP contribution in [0.3, 0.4) is 0 Å². The number of rotatable bonds is 9. The number of benzene rings is 1. The number of anilines is 1. The van der Waals surface area contributed by atoms with Crippen LogP contribution in [0.15, 0.2) is 18.2 Å². The molecule has 30 heavy (non-hydrogen) atoms. The van der Waals surface area contributed by atoms with E-state index in [-0.39, 0.29) is 16.7 Å². The molecule has 0 spiro atoms. The van der Waals surface area contributed by atoms with Gasteiger partial charge in [-0.15, -0.1) is 0 Å². The smallest absolute Gasteiger partial charge is 0.334 e. The minimum atomic E-state index is -4.70. The number of halogens is 4. The summed E-state index contributed by atoms with van der Waals surface area (Å²) in [5.41, 5.74) is -2.46. The van der Waals surface area contributed by atoms with Crippen LogP contribution in [0.1, 0.15) is 63.5 Å². The number of nitrogens with zero attached hydrogens (tertiary/aromatic N) is 3. The first-order chi connectivity index (χ1) is 14.1. The summed E-state index contributed by atoms with van der Waals surface area (Å²) >= 11 is 7.86. The summed E-state index contributed by atoms with van der Waals surface area (Å²) in [6.45, 7) is 4.04. The Kier molecular flexibility index (Phi) is 8.51. The zero-order valence-corrected chi connectivity index (χ0v) is 20.0. The molecule has 1 amide bonds. The summed E-state index contributed by atoms with van der Waals surface area (Å²) in [5.74, 6) is -0.368. The van der Waals surface area contributed by atoms with Crippen LogP contribution in [0.25, 0.3) is 0 Å². The number of amides is 1. The van der Waals surface area contributed by atoms with Gasteiger partial charge in [-0.1, -0.05) is 48.3 Å². The molecule has 4 nitrogen and oxygen atoms in total. The fourth-order valence-electron chi connectivity index (χ4n) is 3.51. The average Bonchev–Trinajstić information content (AvgIpc) is 2.85. The van der Waals surface area contributed by atoms with E-state index in [0.29, 0.717) is 6.54 Å². The number of carbonyl (C=O) groups excluding carboxylic acids is 1. The molecule has 1 aliphatic rings. The first-order valence-electron chi connectivity index (χ1n) is 9.89. The molecule has 0 N–H and O–H groups in total. The van der Waals surface area contributed by atoms with Crippen molar-refractivity contribution in [3.05, 3.63) is 29.3 Å². The molecule has 0 bridgehead atoms. The van der Waals surface area contributed by atoms with Gasteiger partial charge >= 0.3 is 6.18 Å². The normalized spacial score (nSPS) is 16.3. The van der Waals surface area contributed by atoms with E-state index < -0.39 is 22.8 Å². The van der Waals surface area contributed by atoms with E-state index in [0.717, 1.165) is 40.7 Å². The maximum absolute atomic E-state index is 13.3. The largest absolute Gasteiger partial charge is 0.417 e. The van der Waals surface area contributed by atoms with E-state index in [1.165, 1.54) is 25.3 Å². The lowest BCUT2D eigenvalue weighted by Crippen LogP contribution is -2.44. The molecule has 0 aromatic heterocycles. The lowest BCUT2D eigenvalue weighted by atomic mass is 10.0. The quantitative estimate of drug-likeness (QED) is 0.162. The minimum absolute atomic E-state index is 0.0331. The van der Waals surface area contributed by atoms with Crippen molar-refractivity contribution < 1.29 is 18.0 Å². The average molecular weight is 551 g/mol. The predicted octanol–water partition coefficient (Wildman–Crippen LogP) is 6.06. The number of hydrogen-bond donors (Lipinski definition) is 0. The first-order valence-corrected chi connectivity index (χ1v) is 11.8. The van der Waals surface area contributed by atoms with Crippen LogP contribution in [0.5, 0.6) is 0 Å². The molecule has 0 radical (unpaired) electrons. The lowest BCUT2D eigenvalue weighted by Gasteiger charge is -2.29. The summed E-state index contributed by atoms with van der Waals surface area (Å²) in [5, 5.41) is 9.19. The topological polar surface area (TPSA) is 47.3 Å². The Morgan fingerprint density at radius 3 is 2.30 bits per heavy atom. The Morgan fingerprint density at radius 1 is 1.13 bits per heavy atom. The molecule has 0 atom stereocenters. The van der Waals surface area contributed by atoms with Crippen molar-refractivity contribution in [3.8, 4) is 6.07 Å². The number of hydrogen-bond acceptors (Lipinski definition) is 3. The zero-order chi connectivity index (χ0) is 22.5. The van der Waals surface area contributed by atoms with Crippen LogP contribution < -0.4 is 4.90 Å². The number of unbranched alkanes of at least 4 members (excludes halogenated alkanes) is 5. The number of alkyl halides is 4. The summed E-state index contributed by atoms with van der Waals surface area (Å²) in [7, 11) is 0. The highest BCUT2D eigenvalue weighted by atomic mass is 127. The first kappa shape index (κ1) is 24.9. The molecule has 1 fully saturated rings. The van der Waals surface area contributed by atoms with Gasteiger partial charge in [-0.25, -0.2) is 0 Å². The van der Waals surface area contributed by atoms with Gasteiger partial charge in [-0.2, -0.15) is 18.4 Å². The summed E-state index contributed by atoms with van der Waals surface area (Å²) in [4.78, 5) is 16.0. The second-order valence-corrected chi connectivity index (χ2v) is 9.23. The predicted molar refractivity (Wildman–Crippen MR) is 124 cm³/mol. The van der Waals surface area contributed by atoms with Crippen LogP contribution in [0.4, 0.5) is 18.9 Å². The van der Waals surface area contributed by atoms with Gasteiger partial charge in [0.25, 0.3) is 5.91 Å². The standard InChI is InChI=1S/C21H25F3IN3OS/c1-20(2)18(29)28(16-10-9-15(14-26)17(13-16)21(22,23)24)19(30)27(20)12-8-6-4-3-5-7-11-25/h9-10,13H,3-8,11-12H2,1-2H3. The fraction of sp³-hybridized carbons (Fsp3) is 0.571. The molecule has 1 saturated heterocycles. The minimum Gasteiger partial charge on any atom is -0.334 e. The second kappa shape index (κ2) is 10.3.